The number of hydrogen-bond acceptors (Lipinski definition) is 16. The number of methoxy groups -OCH3 is 1. The Morgan fingerprint density at radius 2 is 1.55 bits per heavy atom. The smallest absolute Gasteiger partial charge is 0.336 e. The van der Waals surface area contributed by atoms with E-state index in [1.54, 1.807) is 70.2 Å². The van der Waals surface area contributed by atoms with E-state index >= 15 is 0 Å². The summed E-state index contributed by atoms with van der Waals surface area (Å²) in [7, 11) is 7.92. The number of aliphatic hydroxyl groups excluding tert-OH is 1. The Morgan fingerprint density at radius 1 is 0.869 bits per heavy atom. The monoisotopic (exact) mass is 1170 g/mol. The van der Waals surface area contributed by atoms with Crippen LogP contribution in [0.15, 0.2) is 57.7 Å². The van der Waals surface area contributed by atoms with Crippen LogP contribution in [0.5, 0.6) is 5.75 Å². The zero-order chi connectivity index (χ0) is 62.4. The topological polar surface area (TPSA) is 293 Å². The minimum atomic E-state index is -1.76. The fourth-order valence-electron chi connectivity index (χ4n) is 10.5. The summed E-state index contributed by atoms with van der Waals surface area (Å²) in [5.41, 5.74) is 1.32. The molecule has 7 amide bonds. The standard InChI is InChI=1S/C61H88N8O15/c1-15-36(8)53-47(70)31-52(74)84-55(35(6)7)58(77)63-43(25-33(2)3)59(78)69-24-16-17-44(69)60(79)68(13)46(27-38-18-21-41(81-14)22-19-38)61(80)82-37(9)54(57(76)64-53)65-56(75)45(26-34(4)5)67(12)50(72)32-62-49(71)28-39-29-51(73)83-48-30-40(66(10)11)20-23-42(39)48/h18-23,29-30,33-37,43-47,53-55,70H,15-17,24-28,31-32H2,1-14H3,(H,62,71)(H,63,77)(H,64,76)(H,65,75)/t36-,37-,43-,44-,45+,46-,47-,53-,54+,55-/m0/s1. The molecule has 1 aromatic heterocycles. The zero-order valence-corrected chi connectivity index (χ0v) is 51.1. The number of carbonyl (C=O) groups excluding carboxylic acids is 9. The lowest BCUT2D eigenvalue weighted by Gasteiger charge is -2.36. The normalized spacial score (nSPS) is 23.2. The molecule has 23 heteroatoms. The molecule has 23 nitrogen and oxygen atoms in total. The van der Waals surface area contributed by atoms with Crippen molar-refractivity contribution < 1.29 is 66.9 Å². The second-order valence-electron chi connectivity index (χ2n) is 23.6. The summed E-state index contributed by atoms with van der Waals surface area (Å²) >= 11 is 0. The predicted octanol–water partition coefficient (Wildman–Crippen LogP) is 3.27. The number of cyclic esters (lactones) is 2. The van der Waals surface area contributed by atoms with Crippen LogP contribution < -0.4 is 36.5 Å². The number of carbonyl (C=O) groups is 9. The maximum absolute atomic E-state index is 15.0. The Balaban J connectivity index is 1.53. The zero-order valence-electron chi connectivity index (χ0n) is 51.1. The van der Waals surface area contributed by atoms with Crippen LogP contribution in [0, 0.1) is 23.7 Å². The van der Waals surface area contributed by atoms with Gasteiger partial charge in [0, 0.05) is 64.4 Å². The second kappa shape index (κ2) is 30.3. The van der Waals surface area contributed by atoms with Crippen molar-refractivity contribution >= 4 is 69.9 Å². The van der Waals surface area contributed by atoms with Crippen LogP contribution in [0.1, 0.15) is 112 Å². The number of benzene rings is 2. The second-order valence-corrected chi connectivity index (χ2v) is 23.6. The van der Waals surface area contributed by atoms with Crippen LogP contribution in [0.3, 0.4) is 0 Å². The first-order valence-electron chi connectivity index (χ1n) is 29.0. The van der Waals surface area contributed by atoms with Gasteiger partial charge in [-0.3, -0.25) is 38.4 Å². The van der Waals surface area contributed by atoms with E-state index in [2.05, 4.69) is 21.3 Å². The molecular weight excluding hydrogens is 1080 g/mol. The van der Waals surface area contributed by atoms with E-state index in [1.807, 2.05) is 46.7 Å². The Hall–Kier alpha value is -7.56. The van der Waals surface area contributed by atoms with Gasteiger partial charge in [-0.2, -0.15) is 0 Å². The number of anilines is 1. The van der Waals surface area contributed by atoms with Crippen LogP contribution in [-0.4, -0.2) is 176 Å². The lowest BCUT2D eigenvalue weighted by atomic mass is 9.92. The number of nitrogens with one attached hydrogen (secondary N) is 4. The van der Waals surface area contributed by atoms with E-state index in [-0.39, 0.29) is 56.1 Å². The third-order valence-corrected chi connectivity index (χ3v) is 15.6. The van der Waals surface area contributed by atoms with Crippen molar-refractivity contribution in [1.82, 2.24) is 36.0 Å². The van der Waals surface area contributed by atoms with Crippen LogP contribution in [0.4, 0.5) is 5.69 Å². The number of ether oxygens (including phenoxy) is 3. The van der Waals surface area contributed by atoms with Crippen molar-refractivity contribution in [2.45, 2.75) is 168 Å². The molecule has 0 unspecified atom stereocenters. The Bertz CT molecular complexity index is 2890. The number of nitrogens with zero attached hydrogens (tertiary/aromatic N) is 4. The Labute approximate surface area is 492 Å². The van der Waals surface area contributed by atoms with Crippen LogP contribution in [0.25, 0.3) is 11.0 Å². The maximum Gasteiger partial charge on any atom is 0.336 e. The first kappa shape index (κ1) is 67.2. The molecule has 0 saturated carbocycles. The van der Waals surface area contributed by atoms with Crippen molar-refractivity contribution in [2.24, 2.45) is 23.7 Å². The first-order chi connectivity index (χ1) is 39.5. The fraction of sp³-hybridized carbons (Fsp3) is 0.607. The molecule has 2 aliphatic rings. The van der Waals surface area contributed by atoms with Gasteiger partial charge < -0.3 is 64.6 Å². The summed E-state index contributed by atoms with van der Waals surface area (Å²) in [6, 6.07) is 5.33. The highest BCUT2D eigenvalue weighted by Gasteiger charge is 2.44. The number of likely N-dealkylation sites (N-methyl/N-ethyl adjacent to an activating group) is 2. The molecule has 84 heavy (non-hydrogen) atoms. The summed E-state index contributed by atoms with van der Waals surface area (Å²) in [5, 5.41) is 23.3. The Kier molecular flexibility index (Phi) is 24.3. The van der Waals surface area contributed by atoms with Gasteiger partial charge in [-0.15, -0.1) is 0 Å². The van der Waals surface area contributed by atoms with Crippen molar-refractivity contribution in [3.05, 3.63) is 70.1 Å². The predicted molar refractivity (Wildman–Crippen MR) is 313 cm³/mol. The van der Waals surface area contributed by atoms with Gasteiger partial charge in [-0.1, -0.05) is 73.9 Å². The third kappa shape index (κ3) is 17.7. The van der Waals surface area contributed by atoms with E-state index in [0.717, 1.165) is 10.6 Å². The van der Waals surface area contributed by atoms with Crippen molar-refractivity contribution in [3.63, 3.8) is 0 Å². The molecular formula is C61H88N8O15. The molecule has 2 fully saturated rings. The molecule has 5 rings (SSSR count). The molecule has 3 aromatic rings. The molecule has 2 saturated heterocycles. The number of amides is 7. The van der Waals surface area contributed by atoms with Gasteiger partial charge in [0.2, 0.25) is 35.4 Å². The minimum Gasteiger partial charge on any atom is -0.497 e. The average Bonchev–Trinajstić information content (AvgIpc) is 4.05. The first-order valence-corrected chi connectivity index (χ1v) is 29.0. The van der Waals surface area contributed by atoms with Crippen molar-refractivity contribution in [1.29, 1.82) is 0 Å². The number of aliphatic hydroxyl groups is 1. The van der Waals surface area contributed by atoms with E-state index in [4.69, 9.17) is 18.6 Å². The lowest BCUT2D eigenvalue weighted by molar-refractivity contribution is -0.162. The molecule has 2 aromatic carbocycles. The van der Waals surface area contributed by atoms with Gasteiger partial charge >= 0.3 is 17.6 Å². The van der Waals surface area contributed by atoms with E-state index < -0.39 is 138 Å². The molecule has 0 bridgehead atoms. The van der Waals surface area contributed by atoms with Crippen LogP contribution >= 0.6 is 0 Å². The third-order valence-electron chi connectivity index (χ3n) is 15.6. The largest absolute Gasteiger partial charge is 0.497 e. The van der Waals surface area contributed by atoms with E-state index in [0.29, 0.717) is 35.1 Å². The molecule has 2 aliphatic heterocycles. The van der Waals surface area contributed by atoms with E-state index in [9.17, 15) is 53.1 Å². The SMILES string of the molecule is CC[C@H](C)[C@@H]1NC(=O)[C@H](NC(=O)[C@@H](CC(C)C)N(C)C(=O)CNC(=O)Cc2cc(=O)oc3cc(N(C)C)ccc23)[C@H](C)OC(=O)[C@H](Cc2ccc(OC)cc2)N(C)C(=O)[C@@H]2CCCN2C(=O)[C@H](CC(C)C)NC(=O)[C@H](C(C)C)OC(=O)C[C@@H]1O. The number of esters is 2. The molecule has 0 aliphatic carbocycles. The number of rotatable bonds is 18. The molecule has 3 heterocycles. The summed E-state index contributed by atoms with van der Waals surface area (Å²) in [5.74, 6) is -7.95. The summed E-state index contributed by atoms with van der Waals surface area (Å²) in [4.78, 5) is 148. The molecule has 5 N–H and O–H groups in total. The Morgan fingerprint density at radius 3 is 2.15 bits per heavy atom. The van der Waals surface area contributed by atoms with E-state index in [1.165, 1.54) is 44.0 Å². The van der Waals surface area contributed by atoms with Gasteiger partial charge in [0.05, 0.1) is 38.6 Å². The quantitative estimate of drug-likeness (QED) is 0.0902. The van der Waals surface area contributed by atoms with Gasteiger partial charge in [0.25, 0.3) is 5.91 Å². The summed E-state index contributed by atoms with van der Waals surface area (Å²) in [6.07, 6.45) is -4.45. The molecule has 0 radical (unpaired) electrons. The van der Waals surface area contributed by atoms with Gasteiger partial charge in [-0.25, -0.2) is 9.59 Å². The van der Waals surface area contributed by atoms with Gasteiger partial charge in [0.15, 0.2) is 6.10 Å². The van der Waals surface area contributed by atoms with Crippen LogP contribution in [-0.2, 0) is 65.5 Å². The highest BCUT2D eigenvalue weighted by molar-refractivity contribution is 5.97. The molecule has 462 valence electrons. The lowest BCUT2D eigenvalue weighted by Crippen LogP contribution is -2.61. The van der Waals surface area contributed by atoms with Crippen molar-refractivity contribution in [2.75, 3.05) is 53.3 Å². The highest BCUT2D eigenvalue weighted by atomic mass is 16.6. The number of fused-ring (bicyclic) bond motifs is 2. The van der Waals surface area contributed by atoms with Gasteiger partial charge in [0.1, 0.15) is 47.6 Å². The summed E-state index contributed by atoms with van der Waals surface area (Å²) in [6.45, 7) is 15.1. The summed E-state index contributed by atoms with van der Waals surface area (Å²) < 4.78 is 22.7. The molecule has 10 atom stereocenters. The maximum atomic E-state index is 15.0. The molecule has 0 spiro atoms. The van der Waals surface area contributed by atoms with Crippen molar-refractivity contribution in [3.8, 4) is 5.75 Å². The van der Waals surface area contributed by atoms with Gasteiger partial charge in [-0.05, 0) is 91.7 Å². The average molecular weight is 1170 g/mol. The fourth-order valence-corrected chi connectivity index (χ4v) is 10.5. The minimum absolute atomic E-state index is 0.0483. The highest BCUT2D eigenvalue weighted by Crippen LogP contribution is 2.27. The number of hydrogen-bond donors (Lipinski definition) is 5. The van der Waals surface area contributed by atoms with Crippen LogP contribution in [0.2, 0.25) is 0 Å².